The molecule has 0 spiro atoms. The molecule has 1 heterocycles. The summed E-state index contributed by atoms with van der Waals surface area (Å²) in [6.07, 6.45) is 1.82. The van der Waals surface area contributed by atoms with E-state index in [1.165, 1.54) is 6.07 Å². The van der Waals surface area contributed by atoms with E-state index in [1.807, 2.05) is 6.92 Å². The van der Waals surface area contributed by atoms with Gasteiger partial charge in [0.2, 0.25) is 0 Å². The summed E-state index contributed by atoms with van der Waals surface area (Å²) in [6.45, 7) is 4.48. The zero-order chi connectivity index (χ0) is 12.5. The third-order valence-corrected chi connectivity index (χ3v) is 3.20. The summed E-state index contributed by atoms with van der Waals surface area (Å²) >= 11 is 5.67. The quantitative estimate of drug-likeness (QED) is 0.802. The van der Waals surface area contributed by atoms with Gasteiger partial charge in [0, 0.05) is 6.42 Å². The van der Waals surface area contributed by atoms with Gasteiger partial charge in [0.05, 0.1) is 5.02 Å². The van der Waals surface area contributed by atoms with Gasteiger partial charge >= 0.3 is 0 Å². The second-order valence-corrected chi connectivity index (χ2v) is 4.85. The van der Waals surface area contributed by atoms with Gasteiger partial charge in [-0.3, -0.25) is 0 Å². The Kier molecular flexibility index (Phi) is 3.38. The lowest BCUT2D eigenvalue weighted by atomic mass is 9.94. The number of nitrogens with zero attached hydrogens (tertiary/aromatic N) is 1. The van der Waals surface area contributed by atoms with E-state index < -0.39 is 11.4 Å². The zero-order valence-electron chi connectivity index (χ0n) is 9.96. The Morgan fingerprint density at radius 1 is 1.53 bits per heavy atom. The second kappa shape index (κ2) is 4.65. The van der Waals surface area contributed by atoms with Crippen molar-refractivity contribution in [2.45, 2.75) is 32.2 Å². The summed E-state index contributed by atoms with van der Waals surface area (Å²) in [5.74, 6) is 0.342. The van der Waals surface area contributed by atoms with E-state index in [0.29, 0.717) is 6.61 Å². The van der Waals surface area contributed by atoms with Crippen LogP contribution in [0.5, 0.6) is 0 Å². The van der Waals surface area contributed by atoms with E-state index in [4.69, 9.17) is 16.3 Å². The molecule has 0 bridgehead atoms. The van der Waals surface area contributed by atoms with E-state index in [-0.39, 0.29) is 5.02 Å². The maximum atomic E-state index is 13.4. The molecule has 1 aliphatic rings. The minimum Gasteiger partial charge on any atom is -0.478 e. The largest absolute Gasteiger partial charge is 0.478 e. The van der Waals surface area contributed by atoms with Crippen LogP contribution in [-0.2, 0) is 10.3 Å². The summed E-state index contributed by atoms with van der Waals surface area (Å²) in [5.41, 5.74) is 0.307. The van der Waals surface area contributed by atoms with Gasteiger partial charge in [0.25, 0.3) is 0 Å². The molecule has 4 heteroatoms. The maximum absolute atomic E-state index is 13.4. The Bertz CT molecular complexity index is 461. The van der Waals surface area contributed by atoms with E-state index >= 15 is 0 Å². The minimum atomic E-state index is -0.490. The van der Waals surface area contributed by atoms with E-state index in [2.05, 4.69) is 11.9 Å². The average molecular weight is 256 g/mol. The van der Waals surface area contributed by atoms with Gasteiger partial charge in [0.1, 0.15) is 18.0 Å². The zero-order valence-corrected chi connectivity index (χ0v) is 10.7. The van der Waals surface area contributed by atoms with Gasteiger partial charge in [-0.25, -0.2) is 9.38 Å². The molecule has 2 nitrogen and oxygen atoms in total. The topological polar surface area (TPSA) is 21.6 Å². The number of hydrogen-bond donors (Lipinski definition) is 0. The van der Waals surface area contributed by atoms with Crippen LogP contribution < -0.4 is 0 Å². The number of benzene rings is 1. The van der Waals surface area contributed by atoms with Crippen molar-refractivity contribution in [2.75, 3.05) is 6.61 Å². The first kappa shape index (κ1) is 12.4. The Morgan fingerprint density at radius 3 is 2.94 bits per heavy atom. The fraction of sp³-hybridized carbons (Fsp3) is 0.462. The Labute approximate surface area is 105 Å². The van der Waals surface area contributed by atoms with Gasteiger partial charge in [-0.15, -0.1) is 0 Å². The highest BCUT2D eigenvalue weighted by Crippen LogP contribution is 2.32. The summed E-state index contributed by atoms with van der Waals surface area (Å²) in [4.78, 5) is 4.54. The van der Waals surface area contributed by atoms with Gasteiger partial charge in [0.15, 0.2) is 5.90 Å². The summed E-state index contributed by atoms with van der Waals surface area (Å²) in [7, 11) is 0. The highest BCUT2D eigenvalue weighted by molar-refractivity contribution is 6.30. The van der Waals surface area contributed by atoms with Crippen LogP contribution in [0.1, 0.15) is 32.3 Å². The number of ether oxygens (including phenoxy) is 1. The molecule has 1 aromatic rings. The van der Waals surface area contributed by atoms with Crippen molar-refractivity contribution in [3.63, 3.8) is 0 Å². The van der Waals surface area contributed by atoms with Gasteiger partial charge in [-0.05, 0) is 31.0 Å². The molecule has 0 saturated heterocycles. The van der Waals surface area contributed by atoms with Crippen molar-refractivity contribution < 1.29 is 9.13 Å². The Hall–Kier alpha value is -1.09. The first-order valence-corrected chi connectivity index (χ1v) is 6.10. The van der Waals surface area contributed by atoms with Crippen LogP contribution in [0, 0.1) is 5.82 Å². The molecule has 0 amide bonds. The summed E-state index contributed by atoms with van der Waals surface area (Å²) in [6, 6.07) is 4.79. The van der Waals surface area contributed by atoms with Crippen LogP contribution in [0.2, 0.25) is 5.02 Å². The lowest BCUT2D eigenvalue weighted by Crippen LogP contribution is -2.20. The Morgan fingerprint density at radius 2 is 2.29 bits per heavy atom. The SMILES string of the molecule is CCCC1=NC(C)(c2ccc(Cl)c(F)c2)CO1. The lowest BCUT2D eigenvalue weighted by molar-refractivity contribution is 0.264. The first-order valence-electron chi connectivity index (χ1n) is 5.72. The molecule has 1 aliphatic heterocycles. The lowest BCUT2D eigenvalue weighted by Gasteiger charge is -2.18. The number of aliphatic imine (C=N–C) groups is 1. The fourth-order valence-corrected chi connectivity index (χ4v) is 2.00. The third kappa shape index (κ3) is 2.44. The second-order valence-electron chi connectivity index (χ2n) is 4.45. The van der Waals surface area contributed by atoms with Crippen molar-refractivity contribution in [1.82, 2.24) is 0 Å². The highest BCUT2D eigenvalue weighted by Gasteiger charge is 2.33. The van der Waals surface area contributed by atoms with Crippen LogP contribution in [0.15, 0.2) is 23.2 Å². The third-order valence-electron chi connectivity index (χ3n) is 2.90. The molecular formula is C13H15ClFNO. The number of hydrogen-bond acceptors (Lipinski definition) is 2. The molecule has 17 heavy (non-hydrogen) atoms. The van der Waals surface area contributed by atoms with Crippen LogP contribution in [0.3, 0.4) is 0 Å². The van der Waals surface area contributed by atoms with Crippen LogP contribution in [0.25, 0.3) is 0 Å². The average Bonchev–Trinajstić information content (AvgIpc) is 2.66. The molecule has 92 valence electrons. The van der Waals surface area contributed by atoms with Crippen molar-refractivity contribution in [3.8, 4) is 0 Å². The highest BCUT2D eigenvalue weighted by atomic mass is 35.5. The van der Waals surface area contributed by atoms with E-state index in [1.54, 1.807) is 12.1 Å². The smallest absolute Gasteiger partial charge is 0.184 e. The van der Waals surface area contributed by atoms with Crippen LogP contribution in [0.4, 0.5) is 4.39 Å². The summed E-state index contributed by atoms with van der Waals surface area (Å²) < 4.78 is 19.0. The monoisotopic (exact) mass is 255 g/mol. The van der Waals surface area contributed by atoms with Crippen molar-refractivity contribution >= 4 is 17.5 Å². The van der Waals surface area contributed by atoms with Gasteiger partial charge in [-0.1, -0.05) is 24.6 Å². The maximum Gasteiger partial charge on any atom is 0.184 e. The minimum absolute atomic E-state index is 0.133. The molecule has 1 aromatic carbocycles. The molecule has 0 radical (unpaired) electrons. The molecule has 0 fully saturated rings. The van der Waals surface area contributed by atoms with Crippen molar-refractivity contribution in [2.24, 2.45) is 4.99 Å². The predicted octanol–water partition coefficient (Wildman–Crippen LogP) is 3.92. The molecule has 1 unspecified atom stereocenters. The summed E-state index contributed by atoms with van der Waals surface area (Å²) in [5, 5.41) is 0.133. The van der Waals surface area contributed by atoms with Crippen LogP contribution >= 0.6 is 11.6 Å². The normalized spacial score (nSPS) is 23.4. The first-order chi connectivity index (χ1) is 8.05. The van der Waals surface area contributed by atoms with Crippen LogP contribution in [-0.4, -0.2) is 12.5 Å². The molecular weight excluding hydrogens is 241 g/mol. The number of halogens is 2. The van der Waals surface area contributed by atoms with Gasteiger partial charge in [-0.2, -0.15) is 0 Å². The number of rotatable bonds is 3. The molecule has 0 aromatic heterocycles. The molecule has 0 saturated carbocycles. The van der Waals surface area contributed by atoms with E-state index in [0.717, 1.165) is 24.3 Å². The molecule has 1 atom stereocenters. The molecule has 0 N–H and O–H groups in total. The Balaban J connectivity index is 2.30. The van der Waals surface area contributed by atoms with Gasteiger partial charge < -0.3 is 4.74 Å². The van der Waals surface area contributed by atoms with Crippen molar-refractivity contribution in [1.29, 1.82) is 0 Å². The predicted molar refractivity (Wildman–Crippen MR) is 67.1 cm³/mol. The molecule has 0 aliphatic carbocycles. The fourth-order valence-electron chi connectivity index (χ4n) is 1.88. The van der Waals surface area contributed by atoms with Crippen molar-refractivity contribution in [3.05, 3.63) is 34.6 Å². The standard InChI is InChI=1S/C13H15ClFNO/c1-3-4-12-16-13(2,8-17-12)9-5-6-10(14)11(15)7-9/h5-7H,3-4,8H2,1-2H3. The van der Waals surface area contributed by atoms with E-state index in [9.17, 15) is 4.39 Å². The molecule has 2 rings (SSSR count).